The summed E-state index contributed by atoms with van der Waals surface area (Å²) < 4.78 is 0. The summed E-state index contributed by atoms with van der Waals surface area (Å²) in [6.07, 6.45) is 4.29. The Balaban J connectivity index is 2.16. The first-order valence-corrected chi connectivity index (χ1v) is 8.43. The standard InChI is InChI=1S/C15H27N3S/c1-5-12-9-17-13(11(3)4)10-18(12)14(6-2)15-16-7-8-19-15/h7-8,11-14,17H,5-6,9-10H2,1-4H3. The third-order valence-corrected chi connectivity index (χ3v) is 5.17. The second-order valence-corrected chi connectivity index (χ2v) is 6.74. The van der Waals surface area contributed by atoms with E-state index in [1.165, 1.54) is 11.4 Å². The third-order valence-electron chi connectivity index (χ3n) is 4.29. The first-order valence-electron chi connectivity index (χ1n) is 7.55. The topological polar surface area (TPSA) is 28.2 Å². The van der Waals surface area contributed by atoms with Gasteiger partial charge < -0.3 is 5.32 Å². The van der Waals surface area contributed by atoms with Crippen molar-refractivity contribution in [2.24, 2.45) is 5.92 Å². The van der Waals surface area contributed by atoms with E-state index in [0.29, 0.717) is 24.0 Å². The molecule has 1 aromatic heterocycles. The molecule has 1 aliphatic heterocycles. The quantitative estimate of drug-likeness (QED) is 0.897. The van der Waals surface area contributed by atoms with Crippen molar-refractivity contribution in [1.82, 2.24) is 15.2 Å². The molecule has 0 radical (unpaired) electrons. The van der Waals surface area contributed by atoms with Crippen LogP contribution in [0.3, 0.4) is 0 Å². The normalized spacial score (nSPS) is 26.8. The van der Waals surface area contributed by atoms with Crippen molar-refractivity contribution in [2.45, 2.75) is 58.7 Å². The minimum atomic E-state index is 0.494. The predicted octanol–water partition coefficient (Wildman–Crippen LogP) is 3.30. The Morgan fingerprint density at radius 1 is 1.47 bits per heavy atom. The van der Waals surface area contributed by atoms with E-state index in [9.17, 15) is 0 Å². The Labute approximate surface area is 121 Å². The van der Waals surface area contributed by atoms with E-state index >= 15 is 0 Å². The molecule has 1 fully saturated rings. The van der Waals surface area contributed by atoms with Crippen LogP contribution in [0.2, 0.25) is 0 Å². The molecule has 1 saturated heterocycles. The monoisotopic (exact) mass is 281 g/mol. The fraction of sp³-hybridized carbons (Fsp3) is 0.800. The van der Waals surface area contributed by atoms with Gasteiger partial charge in [0.15, 0.2) is 0 Å². The fourth-order valence-electron chi connectivity index (χ4n) is 3.00. The minimum Gasteiger partial charge on any atom is -0.311 e. The molecule has 0 spiro atoms. The fourth-order valence-corrected chi connectivity index (χ4v) is 3.84. The first kappa shape index (κ1) is 14.9. The molecule has 2 heterocycles. The number of piperazine rings is 1. The Hall–Kier alpha value is -0.450. The SMILES string of the molecule is CCC1CNC(C(C)C)CN1C(CC)c1nccs1. The molecular weight excluding hydrogens is 254 g/mol. The largest absolute Gasteiger partial charge is 0.311 e. The van der Waals surface area contributed by atoms with Gasteiger partial charge in [-0.15, -0.1) is 11.3 Å². The van der Waals surface area contributed by atoms with Crippen LogP contribution >= 0.6 is 11.3 Å². The highest BCUT2D eigenvalue weighted by atomic mass is 32.1. The van der Waals surface area contributed by atoms with Gasteiger partial charge in [-0.2, -0.15) is 0 Å². The van der Waals surface area contributed by atoms with E-state index in [1.807, 2.05) is 6.20 Å². The molecule has 4 heteroatoms. The summed E-state index contributed by atoms with van der Waals surface area (Å²) >= 11 is 1.80. The van der Waals surface area contributed by atoms with Crippen molar-refractivity contribution in [3.05, 3.63) is 16.6 Å². The average Bonchev–Trinajstić information content (AvgIpc) is 2.93. The lowest BCUT2D eigenvalue weighted by molar-refractivity contribution is 0.0641. The average molecular weight is 281 g/mol. The highest BCUT2D eigenvalue weighted by molar-refractivity contribution is 7.09. The summed E-state index contributed by atoms with van der Waals surface area (Å²) in [5.74, 6) is 0.689. The molecule has 1 aliphatic rings. The molecule has 2 rings (SSSR count). The van der Waals surface area contributed by atoms with Crippen LogP contribution in [0.15, 0.2) is 11.6 Å². The lowest BCUT2D eigenvalue weighted by atomic mass is 9.96. The van der Waals surface area contributed by atoms with Gasteiger partial charge in [-0.1, -0.05) is 27.7 Å². The molecule has 0 aliphatic carbocycles. The highest BCUT2D eigenvalue weighted by Crippen LogP contribution is 2.30. The highest BCUT2D eigenvalue weighted by Gasteiger charge is 2.33. The van der Waals surface area contributed by atoms with E-state index in [4.69, 9.17) is 0 Å². The van der Waals surface area contributed by atoms with Crippen molar-refractivity contribution >= 4 is 11.3 Å². The maximum atomic E-state index is 4.56. The first-order chi connectivity index (χ1) is 9.17. The zero-order valence-electron chi connectivity index (χ0n) is 12.6. The van der Waals surface area contributed by atoms with Crippen molar-refractivity contribution in [2.75, 3.05) is 13.1 Å². The maximum Gasteiger partial charge on any atom is 0.110 e. The van der Waals surface area contributed by atoms with Crippen LogP contribution < -0.4 is 5.32 Å². The van der Waals surface area contributed by atoms with Gasteiger partial charge >= 0.3 is 0 Å². The van der Waals surface area contributed by atoms with Crippen LogP contribution in [0.1, 0.15) is 51.6 Å². The van der Waals surface area contributed by atoms with Gasteiger partial charge in [0.2, 0.25) is 0 Å². The second kappa shape index (κ2) is 6.82. The maximum absolute atomic E-state index is 4.56. The molecule has 108 valence electrons. The number of nitrogens with one attached hydrogen (secondary N) is 1. The van der Waals surface area contributed by atoms with Gasteiger partial charge in [-0.25, -0.2) is 4.98 Å². The summed E-state index contributed by atoms with van der Waals surface area (Å²) in [6.45, 7) is 11.5. The van der Waals surface area contributed by atoms with Gasteiger partial charge in [0.1, 0.15) is 5.01 Å². The zero-order valence-corrected chi connectivity index (χ0v) is 13.4. The van der Waals surface area contributed by atoms with Crippen molar-refractivity contribution in [3.8, 4) is 0 Å². The van der Waals surface area contributed by atoms with Gasteiger partial charge in [0.05, 0.1) is 6.04 Å². The van der Waals surface area contributed by atoms with Crippen LogP contribution in [0.25, 0.3) is 0 Å². The summed E-state index contributed by atoms with van der Waals surface area (Å²) in [5.41, 5.74) is 0. The number of hydrogen-bond acceptors (Lipinski definition) is 4. The van der Waals surface area contributed by atoms with Gasteiger partial charge in [-0.3, -0.25) is 4.90 Å². The van der Waals surface area contributed by atoms with Crippen molar-refractivity contribution in [3.63, 3.8) is 0 Å². The summed E-state index contributed by atoms with van der Waals surface area (Å²) in [7, 11) is 0. The smallest absolute Gasteiger partial charge is 0.110 e. The number of thiazole rings is 1. The van der Waals surface area contributed by atoms with Crippen molar-refractivity contribution < 1.29 is 0 Å². The number of aromatic nitrogens is 1. The van der Waals surface area contributed by atoms with E-state index in [2.05, 4.69) is 48.3 Å². The molecule has 0 aromatic carbocycles. The molecule has 3 unspecified atom stereocenters. The lowest BCUT2D eigenvalue weighted by Crippen LogP contribution is -2.58. The molecular formula is C15H27N3S. The second-order valence-electron chi connectivity index (χ2n) is 5.81. The van der Waals surface area contributed by atoms with E-state index in [-0.39, 0.29) is 0 Å². The molecule has 0 bridgehead atoms. The van der Waals surface area contributed by atoms with Gasteiger partial charge in [0, 0.05) is 36.8 Å². The molecule has 3 atom stereocenters. The molecule has 0 saturated carbocycles. The summed E-state index contributed by atoms with van der Waals surface area (Å²) in [6, 6.07) is 1.74. The van der Waals surface area contributed by atoms with Crippen LogP contribution in [-0.4, -0.2) is 35.1 Å². The number of nitrogens with zero attached hydrogens (tertiary/aromatic N) is 2. The Bertz CT molecular complexity index is 363. The van der Waals surface area contributed by atoms with E-state index in [0.717, 1.165) is 19.5 Å². The number of hydrogen-bond donors (Lipinski definition) is 1. The van der Waals surface area contributed by atoms with Crippen LogP contribution in [0, 0.1) is 5.92 Å². The Morgan fingerprint density at radius 3 is 2.79 bits per heavy atom. The summed E-state index contributed by atoms with van der Waals surface area (Å²) in [5, 5.41) is 7.10. The Morgan fingerprint density at radius 2 is 2.26 bits per heavy atom. The van der Waals surface area contributed by atoms with Crippen LogP contribution in [0.4, 0.5) is 0 Å². The van der Waals surface area contributed by atoms with E-state index in [1.54, 1.807) is 11.3 Å². The summed E-state index contributed by atoms with van der Waals surface area (Å²) in [4.78, 5) is 7.25. The van der Waals surface area contributed by atoms with Gasteiger partial charge in [0.25, 0.3) is 0 Å². The van der Waals surface area contributed by atoms with Gasteiger partial charge in [-0.05, 0) is 18.8 Å². The lowest BCUT2D eigenvalue weighted by Gasteiger charge is -2.45. The van der Waals surface area contributed by atoms with Crippen molar-refractivity contribution in [1.29, 1.82) is 0 Å². The van der Waals surface area contributed by atoms with Crippen LogP contribution in [0.5, 0.6) is 0 Å². The Kier molecular flexibility index (Phi) is 5.37. The molecule has 0 amide bonds. The molecule has 19 heavy (non-hydrogen) atoms. The zero-order chi connectivity index (χ0) is 13.8. The third kappa shape index (κ3) is 3.36. The van der Waals surface area contributed by atoms with Crippen LogP contribution in [-0.2, 0) is 0 Å². The molecule has 1 aromatic rings. The molecule has 3 nitrogen and oxygen atoms in total. The molecule has 1 N–H and O–H groups in total. The van der Waals surface area contributed by atoms with E-state index < -0.39 is 0 Å². The minimum absolute atomic E-state index is 0.494. The predicted molar refractivity (Wildman–Crippen MR) is 82.6 cm³/mol. The number of rotatable bonds is 5.